The highest BCUT2D eigenvalue weighted by atomic mass is 127. The third-order valence-corrected chi connectivity index (χ3v) is 3.58. The summed E-state index contributed by atoms with van der Waals surface area (Å²) in [5.41, 5.74) is 7.94. The average Bonchev–Trinajstić information content (AvgIpc) is 2.62. The first-order valence-corrected chi connectivity index (χ1v) is 8.06. The maximum Gasteiger partial charge on any atom is 0.193 e. The smallest absolute Gasteiger partial charge is 0.193 e. The van der Waals surface area contributed by atoms with Gasteiger partial charge in [0.15, 0.2) is 5.96 Å². The van der Waals surface area contributed by atoms with Gasteiger partial charge < -0.3 is 20.5 Å². The monoisotopic (exact) mass is 455 g/mol. The van der Waals surface area contributed by atoms with Crippen LogP contribution in [0.4, 0.5) is 5.69 Å². The Morgan fingerprint density at radius 2 is 1.80 bits per heavy atom. The predicted molar refractivity (Wildman–Crippen MR) is 114 cm³/mol. The fraction of sp³-hybridized carbons (Fsp3) is 0.316. The summed E-state index contributed by atoms with van der Waals surface area (Å²) < 4.78 is 10.9. The number of benzene rings is 2. The molecule has 0 fully saturated rings. The number of nitrogens with two attached hydrogens (primary N) is 1. The molecular formula is C19H26IN3O2. The number of aliphatic imine (C=N–C) groups is 1. The van der Waals surface area contributed by atoms with Crippen molar-refractivity contribution in [2.45, 2.75) is 19.4 Å². The van der Waals surface area contributed by atoms with Crippen molar-refractivity contribution in [3.63, 3.8) is 0 Å². The molecule has 1 atom stereocenters. The van der Waals surface area contributed by atoms with Gasteiger partial charge in [-0.1, -0.05) is 30.3 Å². The van der Waals surface area contributed by atoms with Crippen molar-refractivity contribution >= 4 is 35.6 Å². The number of halogens is 1. The zero-order valence-corrected chi connectivity index (χ0v) is 17.0. The lowest BCUT2D eigenvalue weighted by Crippen LogP contribution is -2.23. The van der Waals surface area contributed by atoms with E-state index in [-0.39, 0.29) is 30.1 Å². The lowest BCUT2D eigenvalue weighted by molar-refractivity contribution is 0.0652. The minimum absolute atomic E-state index is 0. The van der Waals surface area contributed by atoms with E-state index in [1.807, 2.05) is 42.5 Å². The lowest BCUT2D eigenvalue weighted by atomic mass is 10.1. The van der Waals surface area contributed by atoms with Crippen LogP contribution in [0.5, 0.6) is 5.75 Å². The first-order valence-electron chi connectivity index (χ1n) is 8.06. The van der Waals surface area contributed by atoms with Gasteiger partial charge in [0.1, 0.15) is 5.75 Å². The molecule has 1 unspecified atom stereocenters. The molecule has 0 radical (unpaired) electrons. The molecule has 2 aromatic rings. The Morgan fingerprint density at radius 3 is 2.44 bits per heavy atom. The number of ether oxygens (including phenoxy) is 2. The molecule has 0 amide bonds. The zero-order chi connectivity index (χ0) is 17.2. The largest absolute Gasteiger partial charge is 0.497 e. The van der Waals surface area contributed by atoms with E-state index in [1.165, 1.54) is 5.56 Å². The summed E-state index contributed by atoms with van der Waals surface area (Å²) in [5.74, 6) is 1.21. The van der Waals surface area contributed by atoms with Gasteiger partial charge in [-0.05, 0) is 43.2 Å². The number of rotatable bonds is 8. The fourth-order valence-corrected chi connectivity index (χ4v) is 2.21. The highest BCUT2D eigenvalue weighted by Gasteiger charge is 2.04. The Kier molecular flexibility index (Phi) is 9.94. The predicted octanol–water partition coefficient (Wildman–Crippen LogP) is 4.21. The van der Waals surface area contributed by atoms with Gasteiger partial charge in [-0.15, -0.1) is 24.0 Å². The summed E-state index contributed by atoms with van der Waals surface area (Å²) in [6.07, 6.45) is 0.910. The second-order valence-electron chi connectivity index (χ2n) is 5.40. The van der Waals surface area contributed by atoms with Crippen LogP contribution >= 0.6 is 24.0 Å². The molecule has 0 saturated heterocycles. The highest BCUT2D eigenvalue weighted by Crippen LogP contribution is 2.16. The van der Waals surface area contributed by atoms with Crippen LogP contribution in [-0.4, -0.2) is 26.2 Å². The van der Waals surface area contributed by atoms with Crippen LogP contribution in [0.2, 0.25) is 0 Å². The molecule has 6 heteroatoms. The van der Waals surface area contributed by atoms with Crippen molar-refractivity contribution < 1.29 is 9.47 Å². The molecule has 5 nitrogen and oxygen atoms in total. The number of methoxy groups -OCH3 is 1. The van der Waals surface area contributed by atoms with Gasteiger partial charge in [-0.2, -0.15) is 0 Å². The molecule has 2 aromatic carbocycles. The molecule has 0 bridgehead atoms. The standard InChI is InChI=1S/C19H25N3O2.HI/c1-15(16-7-4-3-5-8-16)24-14-6-13-21-19(20)22-17-9-11-18(23-2)12-10-17;/h3-5,7-12,15H,6,13-14H2,1-2H3,(H3,20,21,22);1H. The van der Waals surface area contributed by atoms with E-state index < -0.39 is 0 Å². The molecule has 0 aliphatic rings. The molecule has 0 aromatic heterocycles. The average molecular weight is 455 g/mol. The fourth-order valence-electron chi connectivity index (χ4n) is 2.21. The topological polar surface area (TPSA) is 68.9 Å². The normalized spacial score (nSPS) is 12.2. The first-order chi connectivity index (χ1) is 11.7. The molecule has 2 rings (SSSR count). The number of hydrogen-bond donors (Lipinski definition) is 2. The molecular weight excluding hydrogens is 429 g/mol. The van der Waals surface area contributed by atoms with Crippen molar-refractivity contribution in [1.29, 1.82) is 0 Å². The Hall–Kier alpha value is -1.80. The maximum atomic E-state index is 5.88. The van der Waals surface area contributed by atoms with Crippen LogP contribution in [-0.2, 0) is 4.74 Å². The Balaban J connectivity index is 0.00000312. The van der Waals surface area contributed by atoms with Gasteiger partial charge in [0, 0.05) is 18.8 Å². The second-order valence-corrected chi connectivity index (χ2v) is 5.40. The van der Waals surface area contributed by atoms with Gasteiger partial charge in [0.25, 0.3) is 0 Å². The van der Waals surface area contributed by atoms with Crippen molar-refractivity contribution in [3.05, 3.63) is 60.2 Å². The number of nitrogens with zero attached hydrogens (tertiary/aromatic N) is 1. The van der Waals surface area contributed by atoms with E-state index in [4.69, 9.17) is 15.2 Å². The van der Waals surface area contributed by atoms with E-state index in [0.717, 1.165) is 17.9 Å². The van der Waals surface area contributed by atoms with E-state index in [9.17, 15) is 0 Å². The van der Waals surface area contributed by atoms with Crippen molar-refractivity contribution in [3.8, 4) is 5.75 Å². The van der Waals surface area contributed by atoms with Crippen molar-refractivity contribution in [2.75, 3.05) is 25.6 Å². The number of nitrogens with one attached hydrogen (secondary N) is 1. The summed E-state index contributed by atoms with van der Waals surface area (Å²) in [7, 11) is 1.64. The maximum absolute atomic E-state index is 5.88. The second kappa shape index (κ2) is 11.7. The van der Waals surface area contributed by atoms with E-state index in [1.54, 1.807) is 7.11 Å². The van der Waals surface area contributed by atoms with E-state index >= 15 is 0 Å². The number of anilines is 1. The molecule has 25 heavy (non-hydrogen) atoms. The highest BCUT2D eigenvalue weighted by molar-refractivity contribution is 14.0. The Bertz CT molecular complexity index is 633. The number of hydrogen-bond acceptors (Lipinski definition) is 3. The quantitative estimate of drug-likeness (QED) is 0.271. The lowest BCUT2D eigenvalue weighted by Gasteiger charge is -2.12. The van der Waals surface area contributed by atoms with Crippen LogP contribution in [0.1, 0.15) is 25.0 Å². The van der Waals surface area contributed by atoms with Crippen LogP contribution in [0.3, 0.4) is 0 Å². The number of guanidine groups is 1. The summed E-state index contributed by atoms with van der Waals surface area (Å²) in [6, 6.07) is 17.7. The zero-order valence-electron chi connectivity index (χ0n) is 14.6. The molecule has 0 aliphatic carbocycles. The minimum Gasteiger partial charge on any atom is -0.497 e. The summed E-state index contributed by atoms with van der Waals surface area (Å²) in [5, 5.41) is 3.05. The van der Waals surface area contributed by atoms with Crippen LogP contribution in [0.25, 0.3) is 0 Å². The van der Waals surface area contributed by atoms with Gasteiger partial charge >= 0.3 is 0 Å². The Labute approximate surface area is 166 Å². The third kappa shape index (κ3) is 7.74. The first kappa shape index (κ1) is 21.2. The minimum atomic E-state index is 0. The van der Waals surface area contributed by atoms with Gasteiger partial charge in [-0.3, -0.25) is 4.99 Å². The van der Waals surface area contributed by atoms with E-state index in [0.29, 0.717) is 19.1 Å². The van der Waals surface area contributed by atoms with E-state index in [2.05, 4.69) is 29.4 Å². The molecule has 3 N–H and O–H groups in total. The van der Waals surface area contributed by atoms with Crippen molar-refractivity contribution in [2.24, 2.45) is 10.7 Å². The summed E-state index contributed by atoms with van der Waals surface area (Å²) in [4.78, 5) is 4.30. The molecule has 0 spiro atoms. The summed E-state index contributed by atoms with van der Waals surface area (Å²) in [6.45, 7) is 3.32. The van der Waals surface area contributed by atoms with Gasteiger partial charge in [-0.25, -0.2) is 0 Å². The van der Waals surface area contributed by atoms with Gasteiger partial charge in [0.05, 0.1) is 13.2 Å². The third-order valence-electron chi connectivity index (χ3n) is 3.58. The molecule has 136 valence electrons. The summed E-state index contributed by atoms with van der Waals surface area (Å²) >= 11 is 0. The Morgan fingerprint density at radius 1 is 1.12 bits per heavy atom. The van der Waals surface area contributed by atoms with Crippen LogP contribution in [0.15, 0.2) is 59.6 Å². The van der Waals surface area contributed by atoms with Crippen LogP contribution < -0.4 is 15.8 Å². The van der Waals surface area contributed by atoms with Gasteiger partial charge in [0.2, 0.25) is 0 Å². The molecule has 0 aliphatic heterocycles. The molecule has 0 saturated carbocycles. The SMILES string of the molecule is COc1ccc(NC(N)=NCCCOC(C)c2ccccc2)cc1.I. The molecule has 0 heterocycles. The van der Waals surface area contributed by atoms with Crippen molar-refractivity contribution in [1.82, 2.24) is 0 Å². The van der Waals surface area contributed by atoms with Crippen LogP contribution in [0, 0.1) is 0 Å².